The molecule has 1 unspecified atom stereocenters. The number of halogens is 1. The van der Waals surface area contributed by atoms with Gasteiger partial charge < -0.3 is 0 Å². The number of nitrogens with zero attached hydrogens (tertiary/aromatic N) is 2. The van der Waals surface area contributed by atoms with E-state index in [4.69, 9.17) is 11.6 Å². The molecule has 1 fully saturated rings. The zero-order valence-corrected chi connectivity index (χ0v) is 10.6. The van der Waals surface area contributed by atoms with Crippen LogP contribution in [0.1, 0.15) is 24.3 Å². The van der Waals surface area contributed by atoms with Crippen LogP contribution in [0.4, 0.5) is 0 Å². The van der Waals surface area contributed by atoms with Gasteiger partial charge in [-0.3, -0.25) is 14.9 Å². The standard InChI is InChI=1S/C13H10ClN3O2/c14-13-15-6-8-2-1-7(5-10(8)16-13)9-3-4-11(18)17-12(9)19/h1-2,5-6,9H,3-4H2,(H,17,18,19). The van der Waals surface area contributed by atoms with Crippen LogP contribution in [-0.4, -0.2) is 21.8 Å². The van der Waals surface area contributed by atoms with Gasteiger partial charge in [0.1, 0.15) is 0 Å². The van der Waals surface area contributed by atoms with Crippen LogP contribution in [0.15, 0.2) is 24.4 Å². The van der Waals surface area contributed by atoms with Crippen LogP contribution in [0.3, 0.4) is 0 Å². The topological polar surface area (TPSA) is 72.0 Å². The Labute approximate surface area is 114 Å². The van der Waals surface area contributed by atoms with Crippen molar-refractivity contribution < 1.29 is 9.59 Å². The Kier molecular flexibility index (Phi) is 2.91. The van der Waals surface area contributed by atoms with Gasteiger partial charge in [0, 0.05) is 18.0 Å². The van der Waals surface area contributed by atoms with E-state index in [-0.39, 0.29) is 23.0 Å². The molecule has 2 heterocycles. The molecule has 1 N–H and O–H groups in total. The van der Waals surface area contributed by atoms with E-state index in [9.17, 15) is 9.59 Å². The van der Waals surface area contributed by atoms with Gasteiger partial charge in [-0.1, -0.05) is 12.1 Å². The molecule has 1 saturated heterocycles. The van der Waals surface area contributed by atoms with Gasteiger partial charge in [-0.15, -0.1) is 0 Å². The van der Waals surface area contributed by atoms with Crippen LogP contribution >= 0.6 is 11.6 Å². The average molecular weight is 276 g/mol. The number of rotatable bonds is 1. The van der Waals surface area contributed by atoms with Crippen molar-refractivity contribution in [2.24, 2.45) is 0 Å². The number of nitrogens with one attached hydrogen (secondary N) is 1. The van der Waals surface area contributed by atoms with E-state index in [0.29, 0.717) is 18.4 Å². The molecule has 0 radical (unpaired) electrons. The number of hydrogen-bond donors (Lipinski definition) is 1. The summed E-state index contributed by atoms with van der Waals surface area (Å²) in [5, 5.41) is 3.39. The summed E-state index contributed by atoms with van der Waals surface area (Å²) in [6, 6.07) is 5.53. The van der Waals surface area contributed by atoms with Crippen LogP contribution in [0.5, 0.6) is 0 Å². The maximum Gasteiger partial charge on any atom is 0.234 e. The highest BCUT2D eigenvalue weighted by atomic mass is 35.5. The van der Waals surface area contributed by atoms with E-state index < -0.39 is 0 Å². The minimum absolute atomic E-state index is 0.174. The van der Waals surface area contributed by atoms with E-state index in [2.05, 4.69) is 15.3 Å². The lowest BCUT2D eigenvalue weighted by molar-refractivity contribution is -0.134. The zero-order chi connectivity index (χ0) is 13.4. The molecule has 0 aliphatic carbocycles. The summed E-state index contributed by atoms with van der Waals surface area (Å²) in [5.41, 5.74) is 1.54. The second-order valence-corrected chi connectivity index (χ2v) is 4.80. The van der Waals surface area contributed by atoms with Gasteiger partial charge in [0.25, 0.3) is 0 Å². The van der Waals surface area contributed by atoms with Crippen molar-refractivity contribution in [1.82, 2.24) is 15.3 Å². The van der Waals surface area contributed by atoms with E-state index in [1.807, 2.05) is 18.2 Å². The van der Waals surface area contributed by atoms with Crippen LogP contribution < -0.4 is 5.32 Å². The molecule has 5 nitrogen and oxygen atoms in total. The summed E-state index contributed by atoms with van der Waals surface area (Å²) in [7, 11) is 0. The molecule has 2 amide bonds. The van der Waals surface area contributed by atoms with E-state index in [1.165, 1.54) is 0 Å². The van der Waals surface area contributed by atoms with Gasteiger partial charge in [0.05, 0.1) is 11.4 Å². The van der Waals surface area contributed by atoms with Crippen LogP contribution in [-0.2, 0) is 9.59 Å². The molecule has 19 heavy (non-hydrogen) atoms. The van der Waals surface area contributed by atoms with Gasteiger partial charge in [0.15, 0.2) is 0 Å². The third-order valence-electron chi connectivity index (χ3n) is 3.22. The lowest BCUT2D eigenvalue weighted by Gasteiger charge is -2.21. The smallest absolute Gasteiger partial charge is 0.234 e. The molecular weight excluding hydrogens is 266 g/mol. The minimum atomic E-state index is -0.309. The second kappa shape index (κ2) is 4.59. The molecule has 1 aromatic carbocycles. The van der Waals surface area contributed by atoms with Crippen molar-refractivity contribution in [2.75, 3.05) is 0 Å². The minimum Gasteiger partial charge on any atom is -0.296 e. The fourth-order valence-electron chi connectivity index (χ4n) is 2.25. The van der Waals surface area contributed by atoms with Crippen molar-refractivity contribution in [3.8, 4) is 0 Å². The summed E-state index contributed by atoms with van der Waals surface area (Å²) >= 11 is 5.76. The summed E-state index contributed by atoms with van der Waals surface area (Å²) in [4.78, 5) is 31.0. The molecular formula is C13H10ClN3O2. The summed E-state index contributed by atoms with van der Waals surface area (Å²) in [6.07, 6.45) is 2.52. The maximum atomic E-state index is 11.8. The molecule has 1 aromatic heterocycles. The van der Waals surface area contributed by atoms with Gasteiger partial charge in [-0.05, 0) is 29.7 Å². The zero-order valence-electron chi connectivity index (χ0n) is 9.89. The Morgan fingerprint density at radius 2 is 2.16 bits per heavy atom. The van der Waals surface area contributed by atoms with Crippen molar-refractivity contribution in [2.45, 2.75) is 18.8 Å². The van der Waals surface area contributed by atoms with Crippen LogP contribution in [0.25, 0.3) is 10.9 Å². The Morgan fingerprint density at radius 3 is 2.95 bits per heavy atom. The van der Waals surface area contributed by atoms with E-state index in [0.717, 1.165) is 10.9 Å². The third kappa shape index (κ3) is 2.29. The Balaban J connectivity index is 2.01. The number of imide groups is 1. The lowest BCUT2D eigenvalue weighted by Crippen LogP contribution is -2.39. The summed E-state index contributed by atoms with van der Waals surface area (Å²) in [6.45, 7) is 0. The number of carbonyl (C=O) groups excluding carboxylic acids is 2. The number of piperidine rings is 1. The number of amides is 2. The van der Waals surface area contributed by atoms with Gasteiger partial charge in [-0.25, -0.2) is 9.97 Å². The molecule has 1 atom stereocenters. The molecule has 0 saturated carbocycles. The van der Waals surface area contributed by atoms with Crippen molar-refractivity contribution in [3.63, 3.8) is 0 Å². The van der Waals surface area contributed by atoms with Gasteiger partial charge in [-0.2, -0.15) is 0 Å². The number of carbonyl (C=O) groups is 2. The maximum absolute atomic E-state index is 11.8. The monoisotopic (exact) mass is 275 g/mol. The SMILES string of the molecule is O=C1CCC(c2ccc3cnc(Cl)nc3c2)C(=O)N1. The number of fused-ring (bicyclic) bond motifs is 1. The second-order valence-electron chi connectivity index (χ2n) is 4.46. The fraction of sp³-hybridized carbons (Fsp3) is 0.231. The first kappa shape index (κ1) is 12.0. The van der Waals surface area contributed by atoms with Crippen LogP contribution in [0.2, 0.25) is 5.28 Å². The van der Waals surface area contributed by atoms with Crippen molar-refractivity contribution >= 4 is 34.3 Å². The molecule has 2 aromatic rings. The number of benzene rings is 1. The Bertz CT molecular complexity index is 687. The highest BCUT2D eigenvalue weighted by Crippen LogP contribution is 2.27. The van der Waals surface area contributed by atoms with Crippen LogP contribution in [0, 0.1) is 0 Å². The average Bonchev–Trinajstić information content (AvgIpc) is 2.38. The van der Waals surface area contributed by atoms with E-state index in [1.54, 1.807) is 6.20 Å². The fourth-order valence-corrected chi connectivity index (χ4v) is 2.39. The molecule has 0 spiro atoms. The van der Waals surface area contributed by atoms with Crippen molar-refractivity contribution in [3.05, 3.63) is 35.2 Å². The first-order chi connectivity index (χ1) is 9.13. The normalized spacial score (nSPS) is 19.5. The molecule has 6 heteroatoms. The quantitative estimate of drug-likeness (QED) is 0.636. The van der Waals surface area contributed by atoms with E-state index >= 15 is 0 Å². The number of aromatic nitrogens is 2. The Morgan fingerprint density at radius 1 is 1.32 bits per heavy atom. The highest BCUT2D eigenvalue weighted by molar-refractivity contribution is 6.28. The first-order valence-corrected chi connectivity index (χ1v) is 6.27. The van der Waals surface area contributed by atoms with Crippen molar-refractivity contribution in [1.29, 1.82) is 0 Å². The predicted molar refractivity (Wildman–Crippen MR) is 69.7 cm³/mol. The third-order valence-corrected chi connectivity index (χ3v) is 3.40. The molecule has 96 valence electrons. The molecule has 1 aliphatic rings. The highest BCUT2D eigenvalue weighted by Gasteiger charge is 2.27. The first-order valence-electron chi connectivity index (χ1n) is 5.89. The summed E-state index contributed by atoms with van der Waals surface area (Å²) in [5.74, 6) is -0.779. The Hall–Kier alpha value is -2.01. The predicted octanol–water partition coefficient (Wildman–Crippen LogP) is 1.80. The summed E-state index contributed by atoms with van der Waals surface area (Å²) < 4.78 is 0. The molecule has 1 aliphatic heterocycles. The molecule has 0 bridgehead atoms. The molecule has 3 rings (SSSR count). The number of hydrogen-bond acceptors (Lipinski definition) is 4. The van der Waals surface area contributed by atoms with Gasteiger partial charge >= 0.3 is 0 Å². The lowest BCUT2D eigenvalue weighted by atomic mass is 9.90. The largest absolute Gasteiger partial charge is 0.296 e. The van der Waals surface area contributed by atoms with Gasteiger partial charge in [0.2, 0.25) is 17.1 Å².